The van der Waals surface area contributed by atoms with Crippen LogP contribution in [0.4, 0.5) is 0 Å². The molecule has 2 heteroatoms. The summed E-state index contributed by atoms with van der Waals surface area (Å²) in [5.41, 5.74) is 1.03. The van der Waals surface area contributed by atoms with Crippen molar-refractivity contribution in [2.24, 2.45) is 16.7 Å². The lowest BCUT2D eigenvalue weighted by molar-refractivity contribution is -0.0102. The summed E-state index contributed by atoms with van der Waals surface area (Å²) in [4.78, 5) is 0. The standard InChI is InChI=1S/C14H27NO/c1-6-16-11-7-10(8-11)15-9-12-13(2,3)14(12,4)5/h10-12,15H,6-9H2,1-5H3. The number of rotatable bonds is 5. The molecule has 16 heavy (non-hydrogen) atoms. The van der Waals surface area contributed by atoms with Gasteiger partial charge in [0.2, 0.25) is 0 Å². The lowest BCUT2D eigenvalue weighted by atomic mass is 9.89. The van der Waals surface area contributed by atoms with Crippen LogP contribution in [0.1, 0.15) is 47.5 Å². The van der Waals surface area contributed by atoms with Crippen LogP contribution in [0.3, 0.4) is 0 Å². The molecular formula is C14H27NO. The normalized spacial score (nSPS) is 35.8. The third kappa shape index (κ3) is 1.91. The van der Waals surface area contributed by atoms with E-state index < -0.39 is 0 Å². The average Bonchev–Trinajstić information content (AvgIpc) is 2.50. The molecule has 0 amide bonds. The fraction of sp³-hybridized carbons (Fsp3) is 1.00. The van der Waals surface area contributed by atoms with Gasteiger partial charge in [-0.15, -0.1) is 0 Å². The highest BCUT2D eigenvalue weighted by atomic mass is 16.5. The van der Waals surface area contributed by atoms with Gasteiger partial charge < -0.3 is 10.1 Å². The van der Waals surface area contributed by atoms with Gasteiger partial charge in [-0.25, -0.2) is 0 Å². The van der Waals surface area contributed by atoms with Crippen LogP contribution in [0.5, 0.6) is 0 Å². The molecule has 2 nitrogen and oxygen atoms in total. The maximum Gasteiger partial charge on any atom is 0.0604 e. The second-order valence-electron chi connectivity index (χ2n) is 6.65. The molecule has 0 heterocycles. The largest absolute Gasteiger partial charge is 0.378 e. The van der Waals surface area contributed by atoms with Crippen molar-refractivity contribution in [3.63, 3.8) is 0 Å². The molecule has 0 aliphatic heterocycles. The molecule has 2 aliphatic carbocycles. The van der Waals surface area contributed by atoms with E-state index in [1.54, 1.807) is 0 Å². The Morgan fingerprint density at radius 2 is 1.69 bits per heavy atom. The fourth-order valence-corrected chi connectivity index (χ4v) is 3.23. The Hall–Kier alpha value is -0.0800. The monoisotopic (exact) mass is 225 g/mol. The van der Waals surface area contributed by atoms with Crippen molar-refractivity contribution in [1.29, 1.82) is 0 Å². The summed E-state index contributed by atoms with van der Waals surface area (Å²) in [6, 6.07) is 0.712. The zero-order valence-corrected chi connectivity index (χ0v) is 11.5. The Bertz CT molecular complexity index is 239. The van der Waals surface area contributed by atoms with Crippen molar-refractivity contribution in [3.05, 3.63) is 0 Å². The first-order valence-corrected chi connectivity index (χ1v) is 6.74. The minimum absolute atomic E-state index is 0.517. The Kier molecular flexibility index (Phi) is 3.09. The summed E-state index contributed by atoms with van der Waals surface area (Å²) < 4.78 is 5.57. The Labute approximate surface area is 100 Å². The van der Waals surface area contributed by atoms with E-state index in [1.165, 1.54) is 19.4 Å². The van der Waals surface area contributed by atoms with Crippen LogP contribution in [0.25, 0.3) is 0 Å². The first-order chi connectivity index (χ1) is 7.39. The van der Waals surface area contributed by atoms with Crippen molar-refractivity contribution in [3.8, 4) is 0 Å². The van der Waals surface area contributed by atoms with Crippen molar-refractivity contribution in [2.75, 3.05) is 13.2 Å². The molecule has 0 aromatic rings. The lowest BCUT2D eigenvalue weighted by Crippen LogP contribution is -2.46. The van der Waals surface area contributed by atoms with Gasteiger partial charge in [-0.2, -0.15) is 0 Å². The minimum Gasteiger partial charge on any atom is -0.378 e. The topological polar surface area (TPSA) is 21.3 Å². The molecule has 2 fully saturated rings. The van der Waals surface area contributed by atoms with E-state index in [4.69, 9.17) is 4.74 Å². The molecule has 2 saturated carbocycles. The first-order valence-electron chi connectivity index (χ1n) is 6.74. The summed E-state index contributed by atoms with van der Waals surface area (Å²) >= 11 is 0. The molecule has 94 valence electrons. The maximum absolute atomic E-state index is 5.57. The van der Waals surface area contributed by atoms with E-state index >= 15 is 0 Å². The fourth-order valence-electron chi connectivity index (χ4n) is 3.23. The lowest BCUT2D eigenvalue weighted by Gasteiger charge is -2.35. The maximum atomic E-state index is 5.57. The van der Waals surface area contributed by atoms with Crippen molar-refractivity contribution in [1.82, 2.24) is 5.32 Å². The average molecular weight is 225 g/mol. The zero-order valence-electron chi connectivity index (χ0n) is 11.5. The zero-order chi connectivity index (χ0) is 12.0. The number of hydrogen-bond donors (Lipinski definition) is 1. The highest BCUT2D eigenvalue weighted by Gasteiger charge is 2.64. The Morgan fingerprint density at radius 1 is 1.12 bits per heavy atom. The van der Waals surface area contributed by atoms with Crippen molar-refractivity contribution < 1.29 is 4.74 Å². The molecule has 0 unspecified atom stereocenters. The molecule has 0 radical (unpaired) electrons. The second-order valence-corrected chi connectivity index (χ2v) is 6.65. The molecule has 2 aliphatic rings. The van der Waals surface area contributed by atoms with Crippen LogP contribution in [-0.4, -0.2) is 25.3 Å². The molecule has 0 aromatic carbocycles. The van der Waals surface area contributed by atoms with Gasteiger partial charge in [0.25, 0.3) is 0 Å². The van der Waals surface area contributed by atoms with Crippen molar-refractivity contribution in [2.45, 2.75) is 59.6 Å². The SMILES string of the molecule is CCOC1CC(NCC2C(C)(C)C2(C)C)C1. The van der Waals surface area contributed by atoms with E-state index in [2.05, 4.69) is 39.9 Å². The van der Waals surface area contributed by atoms with E-state index in [0.717, 1.165) is 12.5 Å². The number of hydrogen-bond acceptors (Lipinski definition) is 2. The second kappa shape index (κ2) is 3.99. The first kappa shape index (κ1) is 12.4. The van der Waals surface area contributed by atoms with Gasteiger partial charge >= 0.3 is 0 Å². The van der Waals surface area contributed by atoms with E-state index in [1.807, 2.05) is 0 Å². The highest BCUT2D eigenvalue weighted by Crippen LogP contribution is 2.68. The Morgan fingerprint density at radius 3 is 2.12 bits per heavy atom. The van der Waals surface area contributed by atoms with Crippen LogP contribution in [0.15, 0.2) is 0 Å². The summed E-state index contributed by atoms with van der Waals surface area (Å²) in [6.07, 6.45) is 2.95. The molecule has 0 atom stereocenters. The van der Waals surface area contributed by atoms with Crippen molar-refractivity contribution >= 4 is 0 Å². The predicted molar refractivity (Wildman–Crippen MR) is 67.5 cm³/mol. The molecule has 0 spiro atoms. The van der Waals surface area contributed by atoms with Gasteiger partial charge in [-0.1, -0.05) is 27.7 Å². The van der Waals surface area contributed by atoms with E-state index in [0.29, 0.717) is 23.0 Å². The summed E-state index contributed by atoms with van der Waals surface area (Å²) in [5.74, 6) is 0.839. The number of nitrogens with one attached hydrogen (secondary N) is 1. The van der Waals surface area contributed by atoms with Crippen LogP contribution < -0.4 is 5.32 Å². The smallest absolute Gasteiger partial charge is 0.0604 e. The van der Waals surface area contributed by atoms with E-state index in [9.17, 15) is 0 Å². The number of ether oxygens (including phenoxy) is 1. The van der Waals surface area contributed by atoms with Crippen LogP contribution in [0.2, 0.25) is 0 Å². The minimum atomic E-state index is 0.517. The van der Waals surface area contributed by atoms with Gasteiger partial charge in [0.15, 0.2) is 0 Å². The van der Waals surface area contributed by atoms with Gasteiger partial charge in [-0.05, 0) is 43.1 Å². The third-order valence-electron chi connectivity index (χ3n) is 5.43. The molecule has 2 rings (SSSR count). The summed E-state index contributed by atoms with van der Waals surface area (Å²) in [5, 5.41) is 3.70. The van der Waals surface area contributed by atoms with Gasteiger partial charge in [0, 0.05) is 12.6 Å². The van der Waals surface area contributed by atoms with Crippen LogP contribution >= 0.6 is 0 Å². The van der Waals surface area contributed by atoms with Gasteiger partial charge in [-0.3, -0.25) is 0 Å². The predicted octanol–water partition coefficient (Wildman–Crippen LogP) is 2.83. The van der Waals surface area contributed by atoms with E-state index in [-0.39, 0.29) is 0 Å². The molecule has 1 N–H and O–H groups in total. The van der Waals surface area contributed by atoms with Crippen LogP contribution in [-0.2, 0) is 4.74 Å². The molecular weight excluding hydrogens is 198 g/mol. The quantitative estimate of drug-likeness (QED) is 0.777. The van der Waals surface area contributed by atoms with Gasteiger partial charge in [0.1, 0.15) is 0 Å². The third-order valence-corrected chi connectivity index (χ3v) is 5.43. The summed E-state index contributed by atoms with van der Waals surface area (Å²) in [7, 11) is 0. The van der Waals surface area contributed by atoms with Gasteiger partial charge in [0.05, 0.1) is 6.10 Å². The molecule has 0 bridgehead atoms. The van der Waals surface area contributed by atoms with Crippen LogP contribution in [0, 0.1) is 16.7 Å². The highest BCUT2D eigenvalue weighted by molar-refractivity contribution is 5.13. The Balaban J connectivity index is 1.64. The molecule has 0 saturated heterocycles. The summed E-state index contributed by atoms with van der Waals surface area (Å²) in [6.45, 7) is 13.7. The molecule has 0 aromatic heterocycles.